The standard InChI is InChI=1S/C15H26N2O3/c1-11-10-16(20-14(19)15(2,3)4)7-8-17(11)13(18)9-12-5-6-12/h11-12H,5-10H2,1-4H3/t11-/m1/s1. The van der Waals surface area contributed by atoms with Crippen LogP contribution >= 0.6 is 0 Å². The molecule has 1 aliphatic carbocycles. The summed E-state index contributed by atoms with van der Waals surface area (Å²) in [4.78, 5) is 31.3. The highest BCUT2D eigenvalue weighted by molar-refractivity contribution is 5.77. The van der Waals surface area contributed by atoms with Crippen LogP contribution in [0.5, 0.6) is 0 Å². The lowest BCUT2D eigenvalue weighted by Crippen LogP contribution is -2.54. The fraction of sp³-hybridized carbons (Fsp3) is 0.867. The second-order valence-electron chi connectivity index (χ2n) is 7.10. The summed E-state index contributed by atoms with van der Waals surface area (Å²) in [7, 11) is 0. The Morgan fingerprint density at radius 1 is 1.20 bits per heavy atom. The molecule has 114 valence electrons. The van der Waals surface area contributed by atoms with Crippen LogP contribution in [0.1, 0.15) is 47.0 Å². The summed E-state index contributed by atoms with van der Waals surface area (Å²) >= 11 is 0. The highest BCUT2D eigenvalue weighted by atomic mass is 16.7. The maximum atomic E-state index is 12.1. The van der Waals surface area contributed by atoms with Crippen LogP contribution in [-0.4, -0.2) is 47.5 Å². The maximum Gasteiger partial charge on any atom is 0.330 e. The lowest BCUT2D eigenvalue weighted by molar-refractivity contribution is -0.210. The number of nitrogens with zero attached hydrogens (tertiary/aromatic N) is 2. The molecule has 0 N–H and O–H groups in total. The summed E-state index contributed by atoms with van der Waals surface area (Å²) in [5, 5.41) is 1.69. The fourth-order valence-corrected chi connectivity index (χ4v) is 2.32. The molecule has 20 heavy (non-hydrogen) atoms. The second-order valence-corrected chi connectivity index (χ2v) is 7.10. The number of hydrogen-bond donors (Lipinski definition) is 0. The van der Waals surface area contributed by atoms with E-state index in [9.17, 15) is 9.59 Å². The number of carbonyl (C=O) groups excluding carboxylic acids is 2. The average Bonchev–Trinajstić information content (AvgIpc) is 3.11. The number of carbonyl (C=O) groups is 2. The first-order valence-corrected chi connectivity index (χ1v) is 7.54. The molecule has 1 amide bonds. The third-order valence-corrected chi connectivity index (χ3v) is 3.90. The second kappa shape index (κ2) is 5.72. The summed E-state index contributed by atoms with van der Waals surface area (Å²) in [5.74, 6) is 0.649. The molecule has 0 aromatic carbocycles. The summed E-state index contributed by atoms with van der Waals surface area (Å²) < 4.78 is 0. The van der Waals surface area contributed by atoms with Crippen molar-refractivity contribution in [3.05, 3.63) is 0 Å². The Kier molecular flexibility index (Phi) is 4.37. The van der Waals surface area contributed by atoms with Crippen LogP contribution in [0.15, 0.2) is 0 Å². The fourth-order valence-electron chi connectivity index (χ4n) is 2.32. The van der Waals surface area contributed by atoms with Crippen LogP contribution in [0.4, 0.5) is 0 Å². The van der Waals surface area contributed by atoms with Gasteiger partial charge in [-0.1, -0.05) is 0 Å². The first-order valence-electron chi connectivity index (χ1n) is 7.54. The predicted molar refractivity (Wildman–Crippen MR) is 75.6 cm³/mol. The molecule has 2 fully saturated rings. The van der Waals surface area contributed by atoms with E-state index in [1.54, 1.807) is 5.06 Å². The molecule has 0 radical (unpaired) electrons. The maximum absolute atomic E-state index is 12.1. The third kappa shape index (κ3) is 3.95. The average molecular weight is 282 g/mol. The van der Waals surface area contributed by atoms with Crippen molar-refractivity contribution in [3.63, 3.8) is 0 Å². The lowest BCUT2D eigenvalue weighted by atomic mass is 9.98. The molecule has 2 aliphatic rings. The molecule has 0 unspecified atom stereocenters. The predicted octanol–water partition coefficient (Wildman–Crippen LogP) is 1.82. The van der Waals surface area contributed by atoms with Crippen molar-refractivity contribution in [1.29, 1.82) is 0 Å². The zero-order valence-corrected chi connectivity index (χ0v) is 13.0. The van der Waals surface area contributed by atoms with Gasteiger partial charge < -0.3 is 9.74 Å². The summed E-state index contributed by atoms with van der Waals surface area (Å²) in [6.45, 7) is 9.38. The zero-order chi connectivity index (χ0) is 14.9. The van der Waals surface area contributed by atoms with E-state index in [2.05, 4.69) is 0 Å². The van der Waals surface area contributed by atoms with Crippen molar-refractivity contribution in [3.8, 4) is 0 Å². The lowest BCUT2D eigenvalue weighted by Gasteiger charge is -2.39. The van der Waals surface area contributed by atoms with Crippen molar-refractivity contribution >= 4 is 11.9 Å². The van der Waals surface area contributed by atoms with Gasteiger partial charge in [-0.05, 0) is 46.5 Å². The Morgan fingerprint density at radius 2 is 1.85 bits per heavy atom. The van der Waals surface area contributed by atoms with E-state index in [0.717, 1.165) is 0 Å². The largest absolute Gasteiger partial charge is 0.367 e. The SMILES string of the molecule is C[C@@H]1CN(OC(=O)C(C)(C)C)CCN1C(=O)CC1CC1. The smallest absolute Gasteiger partial charge is 0.330 e. The van der Waals surface area contributed by atoms with Crippen LogP contribution in [-0.2, 0) is 14.4 Å². The highest BCUT2D eigenvalue weighted by Crippen LogP contribution is 2.33. The van der Waals surface area contributed by atoms with Crippen LogP contribution < -0.4 is 0 Å². The van der Waals surface area contributed by atoms with Gasteiger partial charge in [0.2, 0.25) is 5.91 Å². The van der Waals surface area contributed by atoms with Gasteiger partial charge >= 0.3 is 5.97 Å². The van der Waals surface area contributed by atoms with Gasteiger partial charge in [-0.2, -0.15) is 0 Å². The van der Waals surface area contributed by atoms with E-state index in [4.69, 9.17) is 4.84 Å². The molecule has 5 nitrogen and oxygen atoms in total. The number of rotatable bonds is 3. The van der Waals surface area contributed by atoms with Gasteiger partial charge in [0, 0.05) is 19.0 Å². The van der Waals surface area contributed by atoms with Gasteiger partial charge in [0.25, 0.3) is 0 Å². The Morgan fingerprint density at radius 3 is 2.35 bits per heavy atom. The molecule has 1 saturated carbocycles. The van der Waals surface area contributed by atoms with Crippen LogP contribution in [0.3, 0.4) is 0 Å². The molecule has 1 atom stereocenters. The zero-order valence-electron chi connectivity index (χ0n) is 13.0. The molecule has 0 bridgehead atoms. The Bertz CT molecular complexity index is 385. The van der Waals surface area contributed by atoms with E-state index >= 15 is 0 Å². The topological polar surface area (TPSA) is 49.9 Å². The van der Waals surface area contributed by atoms with Crippen molar-refractivity contribution in [2.75, 3.05) is 19.6 Å². The van der Waals surface area contributed by atoms with Gasteiger partial charge in [-0.15, -0.1) is 5.06 Å². The minimum absolute atomic E-state index is 0.0998. The molecule has 1 aliphatic heterocycles. The summed E-state index contributed by atoms with van der Waals surface area (Å²) in [5.41, 5.74) is -0.498. The molecule has 0 aromatic rings. The monoisotopic (exact) mass is 282 g/mol. The quantitative estimate of drug-likeness (QED) is 0.792. The van der Waals surface area contributed by atoms with E-state index in [1.165, 1.54) is 12.8 Å². The molecule has 5 heteroatoms. The van der Waals surface area contributed by atoms with Gasteiger partial charge in [0.15, 0.2) is 0 Å². The summed E-state index contributed by atoms with van der Waals surface area (Å²) in [6, 6.07) is 0.0998. The number of piperazine rings is 1. The minimum atomic E-state index is -0.498. The Hall–Kier alpha value is -1.10. The van der Waals surface area contributed by atoms with Crippen LogP contribution in [0, 0.1) is 11.3 Å². The van der Waals surface area contributed by atoms with Crippen molar-refractivity contribution in [1.82, 2.24) is 9.96 Å². The normalized spacial score (nSPS) is 24.6. The van der Waals surface area contributed by atoms with Crippen molar-refractivity contribution < 1.29 is 14.4 Å². The van der Waals surface area contributed by atoms with Crippen LogP contribution in [0.25, 0.3) is 0 Å². The molecule has 0 aromatic heterocycles. The van der Waals surface area contributed by atoms with Gasteiger partial charge in [-0.3, -0.25) is 4.79 Å². The van der Waals surface area contributed by atoms with E-state index < -0.39 is 5.41 Å². The minimum Gasteiger partial charge on any atom is -0.367 e. The highest BCUT2D eigenvalue weighted by Gasteiger charge is 2.34. The Labute approximate surface area is 121 Å². The first kappa shape index (κ1) is 15.3. The molecule has 1 heterocycles. The third-order valence-electron chi connectivity index (χ3n) is 3.90. The number of hydroxylamine groups is 2. The van der Waals surface area contributed by atoms with Crippen LogP contribution in [0.2, 0.25) is 0 Å². The first-order chi connectivity index (χ1) is 9.27. The van der Waals surface area contributed by atoms with E-state index in [0.29, 0.717) is 32.0 Å². The van der Waals surface area contributed by atoms with Gasteiger partial charge in [0.05, 0.1) is 18.5 Å². The molecular formula is C15H26N2O3. The van der Waals surface area contributed by atoms with Crippen molar-refractivity contribution in [2.45, 2.75) is 53.0 Å². The van der Waals surface area contributed by atoms with Crippen molar-refractivity contribution in [2.24, 2.45) is 11.3 Å². The van der Waals surface area contributed by atoms with E-state index in [1.807, 2.05) is 32.6 Å². The molecule has 1 saturated heterocycles. The summed E-state index contributed by atoms with van der Waals surface area (Å²) in [6.07, 6.45) is 3.08. The van der Waals surface area contributed by atoms with Gasteiger partial charge in [0.1, 0.15) is 0 Å². The molecule has 0 spiro atoms. The number of amides is 1. The Balaban J connectivity index is 1.82. The molecular weight excluding hydrogens is 256 g/mol. The number of hydrogen-bond acceptors (Lipinski definition) is 4. The van der Waals surface area contributed by atoms with E-state index in [-0.39, 0.29) is 17.9 Å². The van der Waals surface area contributed by atoms with Gasteiger partial charge in [-0.25, -0.2) is 4.79 Å². The molecule has 2 rings (SSSR count).